The molecule has 32 heavy (non-hydrogen) atoms. The van der Waals surface area contributed by atoms with Crippen LogP contribution in [0, 0.1) is 11.8 Å². The van der Waals surface area contributed by atoms with Crippen molar-refractivity contribution < 1.29 is 14.3 Å². The number of nitrogens with one attached hydrogen (secondary N) is 2. The largest absolute Gasteiger partial charge is 0.381 e. The first kappa shape index (κ1) is 22.3. The Morgan fingerprint density at radius 2 is 1.88 bits per heavy atom. The molecule has 1 aliphatic heterocycles. The second-order valence-electron chi connectivity index (χ2n) is 9.26. The van der Waals surface area contributed by atoms with Gasteiger partial charge in [0.05, 0.1) is 13.2 Å². The monoisotopic (exact) mass is 432 g/mol. The lowest BCUT2D eigenvalue weighted by Crippen LogP contribution is -2.31. The Bertz CT molecular complexity index is 1040. The first-order valence-electron chi connectivity index (χ1n) is 11.3. The molecule has 2 aliphatic carbocycles. The van der Waals surface area contributed by atoms with Gasteiger partial charge >= 0.3 is 0 Å². The van der Waals surface area contributed by atoms with Crippen molar-refractivity contribution in [2.45, 2.75) is 38.6 Å². The maximum atomic E-state index is 13.1. The van der Waals surface area contributed by atoms with Gasteiger partial charge in [0.2, 0.25) is 5.91 Å². The van der Waals surface area contributed by atoms with Crippen LogP contribution in [0.3, 0.4) is 0 Å². The van der Waals surface area contributed by atoms with Crippen LogP contribution >= 0.6 is 0 Å². The molecule has 3 unspecified atom stereocenters. The molecule has 0 bridgehead atoms. The fraction of sp³-hybridized carbons (Fsp3) is 0.407. The first-order valence-corrected chi connectivity index (χ1v) is 11.3. The molecule has 1 aromatic carbocycles. The molecule has 1 heterocycles. The van der Waals surface area contributed by atoms with Gasteiger partial charge in [-0.1, -0.05) is 43.9 Å². The van der Waals surface area contributed by atoms with Gasteiger partial charge in [-0.2, -0.15) is 0 Å². The summed E-state index contributed by atoms with van der Waals surface area (Å²) in [6, 6.07) is 6.53. The van der Waals surface area contributed by atoms with Crippen LogP contribution in [0.5, 0.6) is 0 Å². The quantitative estimate of drug-likeness (QED) is 0.394. The van der Waals surface area contributed by atoms with E-state index in [1.807, 2.05) is 6.08 Å². The molecule has 3 atom stereocenters. The van der Waals surface area contributed by atoms with Crippen LogP contribution in [0.15, 0.2) is 65.8 Å². The fourth-order valence-electron chi connectivity index (χ4n) is 4.90. The summed E-state index contributed by atoms with van der Waals surface area (Å²) >= 11 is 0. The summed E-state index contributed by atoms with van der Waals surface area (Å²) in [7, 11) is 1.58. The SMILES string of the molecule is C=C1Cc2cccc(C(C)C(=C)/C=C(\C=C(/C)C(=O)NC)C(=O)NC3C4COCC43)c2C1. The van der Waals surface area contributed by atoms with Gasteiger partial charge in [0, 0.05) is 42.0 Å². The molecule has 3 aliphatic rings. The minimum atomic E-state index is -0.210. The molecule has 168 valence electrons. The third-order valence-electron chi connectivity index (χ3n) is 7.01. The Labute approximate surface area is 190 Å². The minimum Gasteiger partial charge on any atom is -0.381 e. The van der Waals surface area contributed by atoms with E-state index in [-0.39, 0.29) is 23.8 Å². The van der Waals surface area contributed by atoms with E-state index < -0.39 is 0 Å². The van der Waals surface area contributed by atoms with Crippen LogP contribution in [0.1, 0.15) is 36.5 Å². The van der Waals surface area contributed by atoms with E-state index in [9.17, 15) is 9.59 Å². The molecule has 0 aromatic heterocycles. The molecular weight excluding hydrogens is 400 g/mol. The van der Waals surface area contributed by atoms with Crippen molar-refractivity contribution in [3.05, 3.63) is 82.5 Å². The molecule has 0 spiro atoms. The molecule has 4 rings (SSSR count). The number of likely N-dealkylation sites (N-methyl/N-ethyl adjacent to an activating group) is 1. The maximum absolute atomic E-state index is 13.1. The number of allylic oxidation sites excluding steroid dienone is 3. The second kappa shape index (κ2) is 8.91. The van der Waals surface area contributed by atoms with Crippen LogP contribution in [0.4, 0.5) is 0 Å². The van der Waals surface area contributed by atoms with Crippen molar-refractivity contribution in [1.82, 2.24) is 10.6 Å². The summed E-state index contributed by atoms with van der Waals surface area (Å²) in [5.74, 6) is 0.477. The van der Waals surface area contributed by atoms with Gasteiger partial charge in [0.25, 0.3) is 5.91 Å². The van der Waals surface area contributed by atoms with E-state index in [2.05, 4.69) is 48.9 Å². The van der Waals surface area contributed by atoms with Crippen LogP contribution in [-0.4, -0.2) is 38.1 Å². The second-order valence-corrected chi connectivity index (χ2v) is 9.26. The molecule has 1 saturated heterocycles. The first-order chi connectivity index (χ1) is 15.3. The number of carbonyl (C=O) groups is 2. The van der Waals surface area contributed by atoms with Crippen molar-refractivity contribution in [2.75, 3.05) is 20.3 Å². The van der Waals surface area contributed by atoms with E-state index in [1.165, 1.54) is 22.3 Å². The minimum absolute atomic E-state index is 0.0427. The Balaban J connectivity index is 1.58. The summed E-state index contributed by atoms with van der Waals surface area (Å²) in [6.07, 6.45) is 5.29. The molecule has 2 amide bonds. The highest BCUT2D eigenvalue weighted by molar-refractivity contribution is 6.01. The zero-order chi connectivity index (χ0) is 23.0. The number of hydrogen-bond donors (Lipinski definition) is 2. The third-order valence-corrected chi connectivity index (χ3v) is 7.01. The van der Waals surface area contributed by atoms with Crippen LogP contribution < -0.4 is 10.6 Å². The van der Waals surface area contributed by atoms with E-state index in [1.54, 1.807) is 20.0 Å². The van der Waals surface area contributed by atoms with Gasteiger partial charge in [-0.15, -0.1) is 0 Å². The zero-order valence-electron chi connectivity index (χ0n) is 19.2. The highest BCUT2D eigenvalue weighted by atomic mass is 16.5. The molecule has 5 heteroatoms. The number of ether oxygens (including phenoxy) is 1. The predicted molar refractivity (Wildman–Crippen MR) is 126 cm³/mol. The molecule has 5 nitrogen and oxygen atoms in total. The zero-order valence-corrected chi connectivity index (χ0v) is 19.2. The predicted octanol–water partition coefficient (Wildman–Crippen LogP) is 3.38. The topological polar surface area (TPSA) is 67.4 Å². The van der Waals surface area contributed by atoms with Crippen LogP contribution in [0.25, 0.3) is 0 Å². The Hall–Kier alpha value is -2.92. The lowest BCUT2D eigenvalue weighted by atomic mass is 9.87. The Kier molecular flexibility index (Phi) is 6.20. The summed E-state index contributed by atoms with van der Waals surface area (Å²) in [6.45, 7) is 13.7. The molecule has 1 aromatic rings. The highest BCUT2D eigenvalue weighted by Gasteiger charge is 2.54. The smallest absolute Gasteiger partial charge is 0.251 e. The van der Waals surface area contributed by atoms with Gasteiger partial charge in [-0.3, -0.25) is 9.59 Å². The van der Waals surface area contributed by atoms with Gasteiger partial charge in [0.15, 0.2) is 0 Å². The Morgan fingerprint density at radius 3 is 2.56 bits per heavy atom. The van der Waals surface area contributed by atoms with Gasteiger partial charge < -0.3 is 15.4 Å². The number of amides is 2. The third kappa shape index (κ3) is 4.35. The fourth-order valence-corrected chi connectivity index (χ4v) is 4.90. The summed E-state index contributed by atoms with van der Waals surface area (Å²) in [5.41, 5.74) is 6.87. The van der Waals surface area contributed by atoms with Crippen molar-refractivity contribution in [3.63, 3.8) is 0 Å². The summed E-state index contributed by atoms with van der Waals surface area (Å²) in [5, 5.41) is 5.75. The number of hydrogen-bond acceptors (Lipinski definition) is 3. The molecule has 2 fully saturated rings. The number of carbonyl (C=O) groups excluding carboxylic acids is 2. The standard InChI is InChI=1S/C27H32N2O3/c1-15-9-19-7-6-8-21(22(19)10-15)18(4)16(2)11-20(12-17(3)26(30)28-5)27(31)29-25-23-13-32-14-24(23)25/h6-8,11-12,18,23-25H,1-2,9-10,13-14H2,3-5H3,(H,28,30)(H,29,31)/b17-12+,20-11+. The van der Waals surface area contributed by atoms with Crippen molar-refractivity contribution in [3.8, 4) is 0 Å². The number of rotatable bonds is 7. The average Bonchev–Trinajstić information content (AvgIpc) is 3.12. The summed E-state index contributed by atoms with van der Waals surface area (Å²) in [4.78, 5) is 25.2. The van der Waals surface area contributed by atoms with Crippen molar-refractivity contribution in [1.29, 1.82) is 0 Å². The lowest BCUT2D eigenvalue weighted by molar-refractivity contribution is -0.117. The molecule has 1 saturated carbocycles. The normalized spacial score (nSPS) is 25.1. The van der Waals surface area contributed by atoms with Gasteiger partial charge in [0.1, 0.15) is 0 Å². The highest BCUT2D eigenvalue weighted by Crippen LogP contribution is 2.44. The molecule has 2 N–H and O–H groups in total. The molecular formula is C27H32N2O3. The van der Waals surface area contributed by atoms with Gasteiger partial charge in [-0.05, 0) is 54.2 Å². The van der Waals surface area contributed by atoms with Crippen LogP contribution in [-0.2, 0) is 27.2 Å². The van der Waals surface area contributed by atoms with E-state index >= 15 is 0 Å². The Morgan fingerprint density at radius 1 is 1.16 bits per heavy atom. The average molecular weight is 433 g/mol. The maximum Gasteiger partial charge on any atom is 0.251 e. The van der Waals surface area contributed by atoms with Crippen molar-refractivity contribution in [2.24, 2.45) is 11.8 Å². The van der Waals surface area contributed by atoms with E-state index in [0.29, 0.717) is 36.2 Å². The van der Waals surface area contributed by atoms with E-state index in [0.717, 1.165) is 18.4 Å². The summed E-state index contributed by atoms with van der Waals surface area (Å²) < 4.78 is 5.43. The number of benzene rings is 1. The molecule has 0 radical (unpaired) electrons. The number of fused-ring (bicyclic) bond motifs is 2. The van der Waals surface area contributed by atoms with Crippen LogP contribution in [0.2, 0.25) is 0 Å². The van der Waals surface area contributed by atoms with Gasteiger partial charge in [-0.25, -0.2) is 0 Å². The van der Waals surface area contributed by atoms with E-state index in [4.69, 9.17) is 4.74 Å². The van der Waals surface area contributed by atoms with Crippen molar-refractivity contribution >= 4 is 11.8 Å². The lowest BCUT2D eigenvalue weighted by Gasteiger charge is -2.18.